The molecule has 0 radical (unpaired) electrons. The lowest BCUT2D eigenvalue weighted by atomic mass is 9.93. The van der Waals surface area contributed by atoms with Gasteiger partial charge in [-0.15, -0.1) is 0 Å². The van der Waals surface area contributed by atoms with E-state index in [2.05, 4.69) is 5.10 Å². The molecule has 0 saturated carbocycles. The van der Waals surface area contributed by atoms with Crippen LogP contribution in [0.1, 0.15) is 38.6 Å². The van der Waals surface area contributed by atoms with Crippen LogP contribution in [0.4, 0.5) is 0 Å². The summed E-state index contributed by atoms with van der Waals surface area (Å²) in [4.78, 5) is 11.3. The minimum absolute atomic E-state index is 0.351. The van der Waals surface area contributed by atoms with Gasteiger partial charge in [-0.05, 0) is 26.2 Å². The molecule has 1 unspecified atom stereocenters. The predicted molar refractivity (Wildman–Crippen MR) is 71.9 cm³/mol. The van der Waals surface area contributed by atoms with Crippen LogP contribution >= 0.6 is 11.6 Å². The van der Waals surface area contributed by atoms with E-state index >= 15 is 0 Å². The number of carbonyl (C=O) groups is 1. The average Bonchev–Trinajstić information content (AvgIpc) is 2.55. The number of halogens is 1. The summed E-state index contributed by atoms with van der Waals surface area (Å²) in [5.41, 5.74) is 1.60. The lowest BCUT2D eigenvalue weighted by molar-refractivity contribution is -0.142. The van der Waals surface area contributed by atoms with Crippen molar-refractivity contribution in [2.75, 3.05) is 0 Å². The topological polar surface area (TPSA) is 55.1 Å². The average molecular weight is 273 g/mol. The molecule has 4 nitrogen and oxygen atoms in total. The molecule has 0 amide bonds. The van der Waals surface area contributed by atoms with E-state index in [9.17, 15) is 9.90 Å². The van der Waals surface area contributed by atoms with Gasteiger partial charge in [0.1, 0.15) is 0 Å². The molecule has 1 N–H and O–H groups in total. The summed E-state index contributed by atoms with van der Waals surface area (Å²) in [5.74, 6) is -0.811. The maximum absolute atomic E-state index is 11.3. The highest BCUT2D eigenvalue weighted by molar-refractivity contribution is 6.31. The van der Waals surface area contributed by atoms with Gasteiger partial charge in [-0.2, -0.15) is 5.10 Å². The smallest absolute Gasteiger partial charge is 0.306 e. The van der Waals surface area contributed by atoms with Crippen LogP contribution in [0.15, 0.2) is 0 Å². The molecule has 0 bridgehead atoms. The Hall–Kier alpha value is -1.03. The fourth-order valence-electron chi connectivity index (χ4n) is 2.14. The Morgan fingerprint density at radius 2 is 2.11 bits per heavy atom. The van der Waals surface area contributed by atoms with Crippen molar-refractivity contribution in [1.29, 1.82) is 0 Å². The maximum atomic E-state index is 11.3. The van der Waals surface area contributed by atoms with Crippen molar-refractivity contribution in [1.82, 2.24) is 9.78 Å². The largest absolute Gasteiger partial charge is 0.481 e. The van der Waals surface area contributed by atoms with E-state index in [-0.39, 0.29) is 0 Å². The van der Waals surface area contributed by atoms with E-state index in [1.54, 1.807) is 4.68 Å². The summed E-state index contributed by atoms with van der Waals surface area (Å²) in [6, 6.07) is 0. The number of aliphatic carboxylic acids is 1. The van der Waals surface area contributed by atoms with E-state index in [4.69, 9.17) is 11.6 Å². The molecule has 0 fully saturated rings. The number of hydrogen-bond acceptors (Lipinski definition) is 2. The van der Waals surface area contributed by atoms with E-state index in [1.807, 2.05) is 27.7 Å². The first kappa shape index (κ1) is 15.0. The van der Waals surface area contributed by atoms with Crippen molar-refractivity contribution in [3.8, 4) is 0 Å². The van der Waals surface area contributed by atoms with Crippen LogP contribution in [0.3, 0.4) is 0 Å². The second-order valence-electron chi connectivity index (χ2n) is 5.03. The first-order valence-electron chi connectivity index (χ1n) is 6.31. The van der Waals surface area contributed by atoms with Gasteiger partial charge < -0.3 is 5.11 Å². The first-order valence-corrected chi connectivity index (χ1v) is 6.69. The Kier molecular flexibility index (Phi) is 5.20. The zero-order valence-corrected chi connectivity index (χ0v) is 12.2. The fraction of sp³-hybridized carbons (Fsp3) is 0.692. The van der Waals surface area contributed by atoms with E-state index < -0.39 is 11.9 Å². The van der Waals surface area contributed by atoms with Gasteiger partial charge in [0, 0.05) is 13.0 Å². The number of nitrogens with zero attached hydrogens (tertiary/aromatic N) is 2. The Morgan fingerprint density at radius 1 is 1.50 bits per heavy atom. The van der Waals surface area contributed by atoms with Crippen LogP contribution in [-0.2, 0) is 17.8 Å². The molecule has 0 aliphatic rings. The molecule has 1 rings (SSSR count). The van der Waals surface area contributed by atoms with Crippen LogP contribution < -0.4 is 0 Å². The van der Waals surface area contributed by atoms with E-state index in [0.29, 0.717) is 30.3 Å². The van der Waals surface area contributed by atoms with Gasteiger partial charge in [-0.1, -0.05) is 25.4 Å². The van der Waals surface area contributed by atoms with E-state index in [1.165, 1.54) is 0 Å². The second kappa shape index (κ2) is 6.23. The number of carboxylic acid groups (broad SMARTS) is 1. The number of hydrogen-bond donors (Lipinski definition) is 1. The van der Waals surface area contributed by atoms with Crippen molar-refractivity contribution in [3.05, 3.63) is 16.4 Å². The molecule has 0 spiro atoms. The third-order valence-electron chi connectivity index (χ3n) is 3.00. The summed E-state index contributed by atoms with van der Waals surface area (Å²) in [6.45, 7) is 8.58. The fourth-order valence-corrected chi connectivity index (χ4v) is 2.35. The minimum atomic E-state index is -0.763. The SMILES string of the molecule is CCn1nc(C)c(Cl)c1CC(CC(C)C)C(=O)O. The Labute approximate surface area is 113 Å². The van der Waals surface area contributed by atoms with Crippen LogP contribution in [0, 0.1) is 18.8 Å². The van der Waals surface area contributed by atoms with Crippen molar-refractivity contribution in [2.45, 2.75) is 47.1 Å². The zero-order chi connectivity index (χ0) is 13.9. The van der Waals surface area contributed by atoms with Crippen LogP contribution in [-0.4, -0.2) is 20.9 Å². The molecule has 0 aliphatic heterocycles. The maximum Gasteiger partial charge on any atom is 0.306 e. The van der Waals surface area contributed by atoms with Crippen molar-refractivity contribution in [3.63, 3.8) is 0 Å². The molecule has 0 saturated heterocycles. The predicted octanol–water partition coefficient (Wildman–Crippen LogP) is 3.15. The van der Waals surface area contributed by atoms with Crippen molar-refractivity contribution in [2.24, 2.45) is 11.8 Å². The van der Waals surface area contributed by atoms with Crippen molar-refractivity contribution < 1.29 is 9.90 Å². The minimum Gasteiger partial charge on any atom is -0.481 e. The molecule has 1 aromatic heterocycles. The zero-order valence-electron chi connectivity index (χ0n) is 11.4. The number of rotatable bonds is 6. The van der Waals surface area contributed by atoms with Gasteiger partial charge in [-0.3, -0.25) is 9.48 Å². The number of aromatic nitrogens is 2. The first-order chi connectivity index (χ1) is 8.36. The highest BCUT2D eigenvalue weighted by Crippen LogP contribution is 2.25. The Bertz CT molecular complexity index is 427. The lowest BCUT2D eigenvalue weighted by Gasteiger charge is -2.15. The number of carboxylic acids is 1. The van der Waals surface area contributed by atoms with Gasteiger partial charge in [0.25, 0.3) is 0 Å². The molecule has 18 heavy (non-hydrogen) atoms. The van der Waals surface area contributed by atoms with Crippen LogP contribution in [0.5, 0.6) is 0 Å². The molecular formula is C13H21ClN2O2. The van der Waals surface area contributed by atoms with Crippen LogP contribution in [0.2, 0.25) is 5.02 Å². The quantitative estimate of drug-likeness (QED) is 0.865. The second-order valence-corrected chi connectivity index (χ2v) is 5.41. The third kappa shape index (κ3) is 3.48. The molecule has 1 atom stereocenters. The Balaban J connectivity index is 2.96. The molecule has 5 heteroatoms. The molecule has 1 aromatic rings. The van der Waals surface area contributed by atoms with E-state index in [0.717, 1.165) is 11.4 Å². The third-order valence-corrected chi connectivity index (χ3v) is 3.49. The van der Waals surface area contributed by atoms with Gasteiger partial charge in [0.05, 0.1) is 22.3 Å². The standard InChI is InChI=1S/C13H21ClN2O2/c1-5-16-11(12(14)9(4)15-16)7-10(13(17)18)6-8(2)3/h8,10H,5-7H2,1-4H3,(H,17,18). The van der Waals surface area contributed by atoms with Gasteiger partial charge in [-0.25, -0.2) is 0 Å². The van der Waals surface area contributed by atoms with Crippen LogP contribution in [0.25, 0.3) is 0 Å². The summed E-state index contributed by atoms with van der Waals surface area (Å²) < 4.78 is 1.80. The lowest BCUT2D eigenvalue weighted by Crippen LogP contribution is -2.20. The highest BCUT2D eigenvalue weighted by atomic mass is 35.5. The summed E-state index contributed by atoms with van der Waals surface area (Å²) in [6.07, 6.45) is 1.10. The van der Waals surface area contributed by atoms with Gasteiger partial charge in [0.15, 0.2) is 0 Å². The molecule has 1 heterocycles. The monoisotopic (exact) mass is 272 g/mol. The highest BCUT2D eigenvalue weighted by Gasteiger charge is 2.23. The molecule has 0 aliphatic carbocycles. The molecular weight excluding hydrogens is 252 g/mol. The van der Waals surface area contributed by atoms with Gasteiger partial charge >= 0.3 is 5.97 Å². The molecule has 102 valence electrons. The van der Waals surface area contributed by atoms with Gasteiger partial charge in [0.2, 0.25) is 0 Å². The summed E-state index contributed by atoms with van der Waals surface area (Å²) in [7, 11) is 0. The summed E-state index contributed by atoms with van der Waals surface area (Å²) in [5, 5.41) is 14.2. The Morgan fingerprint density at radius 3 is 2.56 bits per heavy atom. The van der Waals surface area contributed by atoms with Crippen molar-refractivity contribution >= 4 is 17.6 Å². The number of aryl methyl sites for hydroxylation is 2. The summed E-state index contributed by atoms with van der Waals surface area (Å²) >= 11 is 6.20. The molecule has 0 aromatic carbocycles. The normalized spacial score (nSPS) is 13.0.